The molecule has 0 aliphatic carbocycles. The molecule has 0 spiro atoms. The Kier molecular flexibility index (Phi) is 3.62. The van der Waals surface area contributed by atoms with Gasteiger partial charge in [0.2, 0.25) is 0 Å². The molecular weight excluding hydrogens is 216 g/mol. The highest BCUT2D eigenvalue weighted by Gasteiger charge is 2.04. The molecule has 2 rings (SSSR count). The zero-order valence-electron chi connectivity index (χ0n) is 9.61. The molecule has 2 heterocycles. The van der Waals surface area contributed by atoms with Crippen LogP contribution in [0.2, 0.25) is 0 Å². The number of hydrogen-bond acceptors (Lipinski definition) is 5. The van der Waals surface area contributed by atoms with Crippen molar-refractivity contribution >= 4 is 5.82 Å². The molecule has 0 aliphatic rings. The fourth-order valence-electron chi connectivity index (χ4n) is 1.47. The normalized spacial score (nSPS) is 10.2. The minimum absolute atomic E-state index is 0.0837. The average molecular weight is 230 g/mol. The third kappa shape index (κ3) is 2.98. The SMILES string of the molecule is CN(Cc1cccnc1)c1cnc(CO)cn1. The maximum atomic E-state index is 8.88. The Morgan fingerprint density at radius 2 is 2.12 bits per heavy atom. The molecule has 0 fully saturated rings. The van der Waals surface area contributed by atoms with Crippen LogP contribution in [0, 0.1) is 0 Å². The lowest BCUT2D eigenvalue weighted by Crippen LogP contribution is -2.18. The van der Waals surface area contributed by atoms with Crippen LogP contribution in [0.1, 0.15) is 11.3 Å². The van der Waals surface area contributed by atoms with Gasteiger partial charge in [-0.3, -0.25) is 9.97 Å². The number of aliphatic hydroxyl groups is 1. The van der Waals surface area contributed by atoms with Crippen molar-refractivity contribution in [2.24, 2.45) is 0 Å². The Morgan fingerprint density at radius 1 is 1.24 bits per heavy atom. The summed E-state index contributed by atoms with van der Waals surface area (Å²) in [5.41, 5.74) is 1.69. The van der Waals surface area contributed by atoms with Crippen LogP contribution in [0.5, 0.6) is 0 Å². The first-order valence-electron chi connectivity index (χ1n) is 5.31. The molecule has 5 nitrogen and oxygen atoms in total. The summed E-state index contributed by atoms with van der Waals surface area (Å²) >= 11 is 0. The van der Waals surface area contributed by atoms with Crippen LogP contribution in [0.25, 0.3) is 0 Å². The van der Waals surface area contributed by atoms with E-state index in [1.165, 1.54) is 0 Å². The van der Waals surface area contributed by atoms with E-state index in [4.69, 9.17) is 5.11 Å². The van der Waals surface area contributed by atoms with Crippen molar-refractivity contribution < 1.29 is 5.11 Å². The number of anilines is 1. The predicted molar refractivity (Wildman–Crippen MR) is 64.3 cm³/mol. The molecule has 1 N–H and O–H groups in total. The number of rotatable bonds is 4. The second-order valence-corrected chi connectivity index (χ2v) is 3.74. The van der Waals surface area contributed by atoms with Gasteiger partial charge in [-0.25, -0.2) is 4.98 Å². The molecule has 2 aromatic heterocycles. The first-order chi connectivity index (χ1) is 8.29. The van der Waals surface area contributed by atoms with Crippen LogP contribution >= 0.6 is 0 Å². The van der Waals surface area contributed by atoms with Gasteiger partial charge in [0.1, 0.15) is 5.82 Å². The topological polar surface area (TPSA) is 62.1 Å². The maximum absolute atomic E-state index is 8.88. The monoisotopic (exact) mass is 230 g/mol. The van der Waals surface area contributed by atoms with E-state index in [-0.39, 0.29) is 6.61 Å². The van der Waals surface area contributed by atoms with Gasteiger partial charge in [-0.2, -0.15) is 0 Å². The molecule has 0 amide bonds. The second kappa shape index (κ2) is 5.36. The Bertz CT molecular complexity index is 458. The number of nitrogens with zero attached hydrogens (tertiary/aromatic N) is 4. The average Bonchev–Trinajstić information content (AvgIpc) is 2.40. The number of pyridine rings is 1. The first kappa shape index (κ1) is 11.5. The third-order valence-electron chi connectivity index (χ3n) is 2.39. The molecule has 0 bridgehead atoms. The minimum Gasteiger partial charge on any atom is -0.390 e. The first-order valence-corrected chi connectivity index (χ1v) is 5.31. The fraction of sp³-hybridized carbons (Fsp3) is 0.250. The molecule has 0 atom stereocenters. The summed E-state index contributed by atoms with van der Waals surface area (Å²) in [6.45, 7) is 0.639. The summed E-state index contributed by atoms with van der Waals surface area (Å²) in [7, 11) is 1.94. The lowest BCUT2D eigenvalue weighted by atomic mass is 10.3. The van der Waals surface area contributed by atoms with E-state index in [9.17, 15) is 0 Å². The van der Waals surface area contributed by atoms with Crippen molar-refractivity contribution in [3.8, 4) is 0 Å². The lowest BCUT2D eigenvalue weighted by molar-refractivity contribution is 0.276. The number of aromatic nitrogens is 3. The van der Waals surface area contributed by atoms with Crippen molar-refractivity contribution in [2.45, 2.75) is 13.2 Å². The number of hydrogen-bond donors (Lipinski definition) is 1. The largest absolute Gasteiger partial charge is 0.390 e. The molecule has 2 aromatic rings. The van der Waals surface area contributed by atoms with Crippen LogP contribution in [0.15, 0.2) is 36.9 Å². The van der Waals surface area contributed by atoms with Crippen molar-refractivity contribution in [3.05, 3.63) is 48.2 Å². The zero-order chi connectivity index (χ0) is 12.1. The Morgan fingerprint density at radius 3 is 2.71 bits per heavy atom. The van der Waals surface area contributed by atoms with Gasteiger partial charge in [-0.15, -0.1) is 0 Å². The van der Waals surface area contributed by atoms with Crippen molar-refractivity contribution in [2.75, 3.05) is 11.9 Å². The molecule has 0 aliphatic heterocycles. The van der Waals surface area contributed by atoms with Crippen LogP contribution in [0.3, 0.4) is 0 Å². The lowest BCUT2D eigenvalue weighted by Gasteiger charge is -2.17. The molecule has 5 heteroatoms. The van der Waals surface area contributed by atoms with Crippen molar-refractivity contribution in [1.82, 2.24) is 15.0 Å². The third-order valence-corrected chi connectivity index (χ3v) is 2.39. The summed E-state index contributed by atoms with van der Waals surface area (Å²) in [4.78, 5) is 14.4. The maximum Gasteiger partial charge on any atom is 0.147 e. The van der Waals surface area contributed by atoms with E-state index in [1.807, 2.05) is 30.3 Å². The van der Waals surface area contributed by atoms with Gasteiger partial charge < -0.3 is 10.0 Å². The quantitative estimate of drug-likeness (QED) is 0.849. The Balaban J connectivity index is 2.06. The second-order valence-electron chi connectivity index (χ2n) is 3.74. The summed E-state index contributed by atoms with van der Waals surface area (Å²) in [6.07, 6.45) is 6.81. The summed E-state index contributed by atoms with van der Waals surface area (Å²) in [5, 5.41) is 8.88. The Hall–Kier alpha value is -2.01. The van der Waals surface area contributed by atoms with Gasteiger partial charge in [0, 0.05) is 26.0 Å². The predicted octanol–water partition coefficient (Wildman–Crippen LogP) is 1.00. The molecule has 0 saturated carbocycles. The summed E-state index contributed by atoms with van der Waals surface area (Å²) in [6, 6.07) is 3.92. The number of aliphatic hydroxyl groups excluding tert-OH is 1. The van der Waals surface area contributed by atoms with Crippen molar-refractivity contribution in [3.63, 3.8) is 0 Å². The van der Waals surface area contributed by atoms with E-state index in [1.54, 1.807) is 18.6 Å². The van der Waals surface area contributed by atoms with E-state index in [0.717, 1.165) is 17.9 Å². The smallest absolute Gasteiger partial charge is 0.147 e. The standard InChI is InChI=1S/C12H14N4O/c1-16(8-10-3-2-4-13-5-10)12-7-14-11(9-17)6-15-12/h2-7,17H,8-9H2,1H3. The van der Waals surface area contributed by atoms with Gasteiger partial charge in [0.15, 0.2) is 0 Å². The summed E-state index contributed by atoms with van der Waals surface area (Å²) < 4.78 is 0. The van der Waals surface area contributed by atoms with E-state index in [2.05, 4.69) is 15.0 Å². The Labute approximate surface area is 99.8 Å². The fourth-order valence-corrected chi connectivity index (χ4v) is 1.47. The molecule has 0 aromatic carbocycles. The van der Waals surface area contributed by atoms with E-state index in [0.29, 0.717) is 5.69 Å². The molecule has 17 heavy (non-hydrogen) atoms. The van der Waals surface area contributed by atoms with Gasteiger partial charge >= 0.3 is 0 Å². The zero-order valence-corrected chi connectivity index (χ0v) is 9.61. The van der Waals surface area contributed by atoms with Gasteiger partial charge in [0.25, 0.3) is 0 Å². The van der Waals surface area contributed by atoms with Gasteiger partial charge in [-0.1, -0.05) is 6.07 Å². The molecular formula is C12H14N4O. The van der Waals surface area contributed by atoms with Crippen LogP contribution < -0.4 is 4.90 Å². The molecule has 0 saturated heterocycles. The highest BCUT2D eigenvalue weighted by Crippen LogP contribution is 2.10. The van der Waals surface area contributed by atoms with Crippen molar-refractivity contribution in [1.29, 1.82) is 0 Å². The molecule has 88 valence electrons. The van der Waals surface area contributed by atoms with Gasteiger partial charge in [-0.05, 0) is 11.6 Å². The van der Waals surface area contributed by atoms with E-state index < -0.39 is 0 Å². The summed E-state index contributed by atoms with van der Waals surface area (Å²) in [5.74, 6) is 0.769. The van der Waals surface area contributed by atoms with E-state index >= 15 is 0 Å². The highest BCUT2D eigenvalue weighted by atomic mass is 16.3. The van der Waals surface area contributed by atoms with Crippen LogP contribution in [-0.2, 0) is 13.2 Å². The molecule has 0 unspecified atom stereocenters. The van der Waals surface area contributed by atoms with Crippen LogP contribution in [-0.4, -0.2) is 27.1 Å². The highest BCUT2D eigenvalue weighted by molar-refractivity contribution is 5.35. The molecule has 0 radical (unpaired) electrons. The van der Waals surface area contributed by atoms with Crippen LogP contribution in [0.4, 0.5) is 5.82 Å². The van der Waals surface area contributed by atoms with Gasteiger partial charge in [0.05, 0.1) is 24.7 Å². The minimum atomic E-state index is -0.0837.